The third kappa shape index (κ3) is 2.70. The fourth-order valence-electron chi connectivity index (χ4n) is 2.16. The molecule has 1 aliphatic carbocycles. The number of rotatable bonds is 2. The average Bonchev–Trinajstić information content (AvgIpc) is 2.08. The molecule has 0 spiro atoms. The van der Waals surface area contributed by atoms with Crippen LogP contribution in [-0.4, -0.2) is 6.21 Å². The summed E-state index contributed by atoms with van der Waals surface area (Å²) in [6.45, 7) is 11.3. The number of hydrogen-bond acceptors (Lipinski definition) is 1. The van der Waals surface area contributed by atoms with Gasteiger partial charge in [-0.3, -0.25) is 4.99 Å². The van der Waals surface area contributed by atoms with Gasteiger partial charge in [-0.2, -0.15) is 0 Å². The molecule has 0 saturated carbocycles. The zero-order valence-electron chi connectivity index (χ0n) is 10.2. The first kappa shape index (κ1) is 11.5. The monoisotopic (exact) mass is 193 g/mol. The Labute approximate surface area is 88.3 Å². The first-order valence-corrected chi connectivity index (χ1v) is 5.67. The Hall–Kier alpha value is -0.590. The molecule has 0 aromatic rings. The van der Waals surface area contributed by atoms with Crippen LogP contribution in [0.5, 0.6) is 0 Å². The molecule has 80 valence electrons. The van der Waals surface area contributed by atoms with Crippen molar-refractivity contribution in [3.05, 3.63) is 11.3 Å². The molecule has 0 aromatic heterocycles. The molecule has 0 unspecified atom stereocenters. The summed E-state index contributed by atoms with van der Waals surface area (Å²) in [6.07, 6.45) is 5.58. The van der Waals surface area contributed by atoms with E-state index in [-0.39, 0.29) is 0 Å². The summed E-state index contributed by atoms with van der Waals surface area (Å²) in [7, 11) is 0. The largest absolute Gasteiger partial charge is 0.266 e. The highest BCUT2D eigenvalue weighted by molar-refractivity contribution is 5.55. The molecule has 0 N–H and O–H groups in total. The number of hydrogen-bond donors (Lipinski definition) is 0. The predicted octanol–water partition coefficient (Wildman–Crippen LogP) is 4.20. The molecule has 0 fully saturated rings. The molecule has 1 rings (SSSR count). The minimum absolute atomic E-state index is 0.479. The van der Waals surface area contributed by atoms with E-state index in [2.05, 4.69) is 32.7 Å². The van der Waals surface area contributed by atoms with Crippen molar-refractivity contribution in [1.29, 1.82) is 0 Å². The molecule has 14 heavy (non-hydrogen) atoms. The molecule has 0 heterocycles. The Morgan fingerprint density at radius 3 is 2.50 bits per heavy atom. The zero-order valence-corrected chi connectivity index (χ0v) is 10.2. The molecule has 0 saturated heterocycles. The van der Waals surface area contributed by atoms with Crippen LogP contribution in [0, 0.1) is 11.3 Å². The summed E-state index contributed by atoms with van der Waals surface area (Å²) in [5, 5.41) is 0. The van der Waals surface area contributed by atoms with Crippen molar-refractivity contribution >= 4 is 6.21 Å². The molecule has 0 amide bonds. The third-order valence-electron chi connectivity index (χ3n) is 3.06. The van der Waals surface area contributed by atoms with Gasteiger partial charge < -0.3 is 0 Å². The van der Waals surface area contributed by atoms with Gasteiger partial charge in [-0.15, -0.1) is 0 Å². The summed E-state index contributed by atoms with van der Waals surface area (Å²) < 4.78 is 0. The molecule has 0 radical (unpaired) electrons. The topological polar surface area (TPSA) is 12.4 Å². The van der Waals surface area contributed by atoms with E-state index >= 15 is 0 Å². The highest BCUT2D eigenvalue weighted by atomic mass is 14.7. The third-order valence-corrected chi connectivity index (χ3v) is 3.06. The fraction of sp³-hybridized carbons (Fsp3) is 0.769. The maximum Gasteiger partial charge on any atom is 0.0394 e. The Balaban J connectivity index is 2.95. The number of aliphatic imine (C=N–C) groups is 1. The highest BCUT2D eigenvalue weighted by Gasteiger charge is 2.27. The van der Waals surface area contributed by atoms with Crippen LogP contribution < -0.4 is 0 Å². The summed E-state index contributed by atoms with van der Waals surface area (Å²) in [6, 6.07) is 0. The minimum atomic E-state index is 0.479. The maximum atomic E-state index is 4.51. The summed E-state index contributed by atoms with van der Waals surface area (Å²) in [5.74, 6) is 0.647. The van der Waals surface area contributed by atoms with Gasteiger partial charge in [0.15, 0.2) is 0 Å². The molecule has 0 bridgehead atoms. The van der Waals surface area contributed by atoms with Gasteiger partial charge in [0.25, 0.3) is 0 Å². The van der Waals surface area contributed by atoms with Crippen LogP contribution in [0.15, 0.2) is 16.3 Å². The van der Waals surface area contributed by atoms with Crippen molar-refractivity contribution in [2.45, 2.75) is 53.9 Å². The van der Waals surface area contributed by atoms with Gasteiger partial charge >= 0.3 is 0 Å². The SMILES string of the molecule is CC=NC1=C(C(C)C)CC(C)(C)CC1. The van der Waals surface area contributed by atoms with Crippen LogP contribution >= 0.6 is 0 Å². The van der Waals surface area contributed by atoms with Crippen LogP contribution in [0.4, 0.5) is 0 Å². The molecular formula is C13H23N. The Morgan fingerprint density at radius 2 is 2.00 bits per heavy atom. The van der Waals surface area contributed by atoms with Crippen molar-refractivity contribution < 1.29 is 0 Å². The van der Waals surface area contributed by atoms with Crippen molar-refractivity contribution in [2.75, 3.05) is 0 Å². The van der Waals surface area contributed by atoms with E-state index in [0.29, 0.717) is 11.3 Å². The smallest absolute Gasteiger partial charge is 0.0394 e. The van der Waals surface area contributed by atoms with E-state index in [1.54, 1.807) is 5.57 Å². The molecule has 0 atom stereocenters. The van der Waals surface area contributed by atoms with Gasteiger partial charge in [-0.05, 0) is 43.1 Å². The Morgan fingerprint density at radius 1 is 1.36 bits per heavy atom. The van der Waals surface area contributed by atoms with E-state index in [0.717, 1.165) is 6.42 Å². The van der Waals surface area contributed by atoms with E-state index in [1.165, 1.54) is 18.5 Å². The molecule has 1 aliphatic rings. The second-order valence-corrected chi connectivity index (χ2v) is 5.35. The van der Waals surface area contributed by atoms with Gasteiger partial charge in [-0.25, -0.2) is 0 Å². The lowest BCUT2D eigenvalue weighted by Gasteiger charge is -2.33. The van der Waals surface area contributed by atoms with Crippen LogP contribution in [0.3, 0.4) is 0 Å². The number of nitrogens with zero attached hydrogens (tertiary/aromatic N) is 1. The van der Waals surface area contributed by atoms with E-state index in [4.69, 9.17) is 0 Å². The minimum Gasteiger partial charge on any atom is -0.266 e. The lowest BCUT2D eigenvalue weighted by molar-refractivity contribution is 0.301. The fourth-order valence-corrected chi connectivity index (χ4v) is 2.16. The second-order valence-electron chi connectivity index (χ2n) is 5.35. The van der Waals surface area contributed by atoms with Gasteiger partial charge in [0.2, 0.25) is 0 Å². The predicted molar refractivity (Wildman–Crippen MR) is 63.7 cm³/mol. The van der Waals surface area contributed by atoms with E-state index in [9.17, 15) is 0 Å². The first-order chi connectivity index (χ1) is 6.46. The van der Waals surface area contributed by atoms with Crippen LogP contribution in [-0.2, 0) is 0 Å². The summed E-state index contributed by atoms with van der Waals surface area (Å²) >= 11 is 0. The molecule has 1 heteroatoms. The maximum absolute atomic E-state index is 4.51. The van der Waals surface area contributed by atoms with Crippen molar-refractivity contribution in [2.24, 2.45) is 16.3 Å². The van der Waals surface area contributed by atoms with Gasteiger partial charge in [-0.1, -0.05) is 27.7 Å². The average molecular weight is 193 g/mol. The van der Waals surface area contributed by atoms with Gasteiger partial charge in [0, 0.05) is 11.9 Å². The van der Waals surface area contributed by atoms with E-state index in [1.807, 2.05) is 13.1 Å². The van der Waals surface area contributed by atoms with Crippen molar-refractivity contribution in [3.8, 4) is 0 Å². The second kappa shape index (κ2) is 4.29. The van der Waals surface area contributed by atoms with Crippen molar-refractivity contribution in [3.63, 3.8) is 0 Å². The summed E-state index contributed by atoms with van der Waals surface area (Å²) in [5.41, 5.74) is 3.40. The molecular weight excluding hydrogens is 170 g/mol. The Bertz CT molecular complexity index is 256. The molecule has 1 nitrogen and oxygen atoms in total. The zero-order chi connectivity index (χ0) is 10.8. The molecule has 0 aromatic carbocycles. The van der Waals surface area contributed by atoms with Crippen LogP contribution in [0.2, 0.25) is 0 Å². The summed E-state index contributed by atoms with van der Waals surface area (Å²) in [4.78, 5) is 4.51. The normalized spacial score (nSPS) is 22.4. The lowest BCUT2D eigenvalue weighted by atomic mass is 9.73. The first-order valence-electron chi connectivity index (χ1n) is 5.67. The molecule has 0 aliphatic heterocycles. The van der Waals surface area contributed by atoms with E-state index < -0.39 is 0 Å². The number of allylic oxidation sites excluding steroid dienone is 2. The van der Waals surface area contributed by atoms with Crippen LogP contribution in [0.1, 0.15) is 53.9 Å². The quantitative estimate of drug-likeness (QED) is 0.583. The van der Waals surface area contributed by atoms with Crippen LogP contribution in [0.25, 0.3) is 0 Å². The van der Waals surface area contributed by atoms with Gasteiger partial charge in [0.05, 0.1) is 0 Å². The van der Waals surface area contributed by atoms with Gasteiger partial charge in [0.1, 0.15) is 0 Å². The standard InChI is InChI=1S/C13H23N/c1-6-14-12-7-8-13(4,5)9-11(12)10(2)3/h6,10H,7-9H2,1-5H3. The Kier molecular flexibility index (Phi) is 3.52. The highest BCUT2D eigenvalue weighted by Crippen LogP contribution is 2.41. The van der Waals surface area contributed by atoms with Crippen molar-refractivity contribution in [1.82, 2.24) is 0 Å². The lowest BCUT2D eigenvalue weighted by Crippen LogP contribution is -2.20.